The molecule has 10 rings (SSSR count). The van der Waals surface area contributed by atoms with Crippen LogP contribution in [0.5, 0.6) is 0 Å². The molecule has 0 radical (unpaired) electrons. The third kappa shape index (κ3) is 10.3. The highest BCUT2D eigenvalue weighted by atomic mass is 16.3. The van der Waals surface area contributed by atoms with Gasteiger partial charge < -0.3 is 25.0 Å². The molecule has 10 heterocycles. The zero-order chi connectivity index (χ0) is 61.2. The van der Waals surface area contributed by atoms with Crippen LogP contribution in [-0.4, -0.2) is 45.0 Å². The summed E-state index contributed by atoms with van der Waals surface area (Å²) in [4.78, 5) is 38.4. The molecular weight excluding hydrogens is 1050 g/mol. The molecule has 0 spiro atoms. The zero-order valence-electron chi connectivity index (χ0n) is 54.6. The average molecular weight is 1150 g/mol. The lowest BCUT2D eigenvalue weighted by molar-refractivity contribution is 0.284. The minimum atomic E-state index is -0.101. The van der Waals surface area contributed by atoms with Crippen molar-refractivity contribution in [2.75, 3.05) is 0 Å². The number of H-pyrrole nitrogens is 4. The van der Waals surface area contributed by atoms with Gasteiger partial charge in [-0.05, 0) is 246 Å². The normalized spacial score (nSPS) is 13.4. The summed E-state index contributed by atoms with van der Waals surface area (Å²) in [6, 6.07) is 11.5. The predicted octanol–water partition coefficient (Wildman–Crippen LogP) is 19.3. The summed E-state index contributed by atoms with van der Waals surface area (Å²) in [7, 11) is 0. The molecule has 0 unspecified atom stereocenters. The first-order chi connectivity index (χ1) is 41.9. The fraction of sp³-hybridized carbons (Fsp3) is 0.429. The third-order valence-electron chi connectivity index (χ3n) is 19.1. The van der Waals surface area contributed by atoms with Crippen LogP contribution in [0, 0.1) is 23.7 Å². The Morgan fingerprint density at radius 1 is 0.279 bits per heavy atom. The van der Waals surface area contributed by atoms with Crippen molar-refractivity contribution < 1.29 is 5.11 Å². The molecule has 0 amide bonds. The maximum absolute atomic E-state index is 11.4. The Morgan fingerprint density at radius 2 is 0.558 bits per heavy atom. The standard InChI is InChI=1S/C77H92N8O/c1-17-43-45(19-3)64-38-66-47(21-5)53(27-11)72(80-66)59(73-54(28-12)48(22-6)67(81-73)39-65-46(20-4)44(18-2)63(79-65)37-62(43)78-64)35-33-34-36-60-74-55(29-13)49(23-7)68(82-74)40-70-51(25-9)57(31-15)76(84-70)61(42-86)77-58(32-16)52(26-10)71(85-77)41-69-50(24-8)56(30-14)75(60)83-69/h37-41,78,80,84-86H,17-32,42H2,1-16H3. The molecule has 0 aliphatic carbocycles. The highest BCUT2D eigenvalue weighted by molar-refractivity contribution is 6.01. The fourth-order valence-corrected chi connectivity index (χ4v) is 15.1. The van der Waals surface area contributed by atoms with E-state index in [-0.39, 0.29) is 6.61 Å². The van der Waals surface area contributed by atoms with Crippen molar-refractivity contribution in [1.29, 1.82) is 0 Å². The summed E-state index contributed by atoms with van der Waals surface area (Å²) in [6.07, 6.45) is 13.4. The Hall–Kier alpha value is -7.72. The second-order valence-corrected chi connectivity index (χ2v) is 23.0. The number of hydrogen-bond donors (Lipinski definition) is 5. The molecule has 4 aliphatic heterocycles. The first-order valence-corrected chi connectivity index (χ1v) is 33.1. The number of aromatic nitrogens is 8. The van der Waals surface area contributed by atoms with Crippen molar-refractivity contribution in [2.45, 2.75) is 220 Å². The number of aryl methyl sites for hydroxylation is 8. The van der Waals surface area contributed by atoms with Gasteiger partial charge in [-0.15, -0.1) is 0 Å². The molecule has 9 nitrogen and oxygen atoms in total. The van der Waals surface area contributed by atoms with Gasteiger partial charge in [0.25, 0.3) is 0 Å². The molecule has 0 saturated carbocycles. The molecule has 6 aromatic heterocycles. The van der Waals surface area contributed by atoms with Crippen LogP contribution in [0.4, 0.5) is 0 Å². The van der Waals surface area contributed by atoms with Gasteiger partial charge in [-0.2, -0.15) is 0 Å². The number of allylic oxidation sites excluding steroid dienone is 8. The van der Waals surface area contributed by atoms with Crippen molar-refractivity contribution in [3.05, 3.63) is 137 Å². The quantitative estimate of drug-likeness (QED) is 0.0580. The number of hydrogen-bond acceptors (Lipinski definition) is 5. The van der Waals surface area contributed by atoms with Crippen LogP contribution < -0.4 is 0 Å². The van der Waals surface area contributed by atoms with Gasteiger partial charge in [-0.3, -0.25) is 0 Å². The summed E-state index contributed by atoms with van der Waals surface area (Å²) in [6.45, 7) is 35.9. The largest absolute Gasteiger partial charge is 0.392 e. The number of nitrogens with one attached hydrogen (secondary N) is 4. The second kappa shape index (κ2) is 26.1. The average Bonchev–Trinajstić information content (AvgIpc) is 1.72. The molecule has 4 aliphatic rings. The Kier molecular flexibility index (Phi) is 18.6. The first kappa shape index (κ1) is 61.4. The van der Waals surface area contributed by atoms with E-state index in [0.29, 0.717) is 0 Å². The zero-order valence-corrected chi connectivity index (χ0v) is 54.6. The molecule has 446 valence electrons. The van der Waals surface area contributed by atoms with E-state index in [2.05, 4.69) is 185 Å². The minimum absolute atomic E-state index is 0.101. The molecule has 16 bridgehead atoms. The number of aromatic amines is 4. The summed E-state index contributed by atoms with van der Waals surface area (Å²) >= 11 is 0. The van der Waals surface area contributed by atoms with Gasteiger partial charge in [0.2, 0.25) is 0 Å². The summed E-state index contributed by atoms with van der Waals surface area (Å²) in [5, 5.41) is 11.4. The Bertz CT molecular complexity index is 4230. The van der Waals surface area contributed by atoms with Crippen LogP contribution in [0.3, 0.4) is 0 Å². The number of rotatable bonds is 17. The van der Waals surface area contributed by atoms with Gasteiger partial charge in [0.1, 0.15) is 0 Å². The van der Waals surface area contributed by atoms with Crippen molar-refractivity contribution in [3.8, 4) is 23.7 Å². The van der Waals surface area contributed by atoms with Gasteiger partial charge in [0.15, 0.2) is 0 Å². The van der Waals surface area contributed by atoms with Crippen molar-refractivity contribution in [1.82, 2.24) is 39.9 Å². The van der Waals surface area contributed by atoms with Gasteiger partial charge >= 0.3 is 0 Å². The van der Waals surface area contributed by atoms with E-state index < -0.39 is 0 Å². The molecule has 0 saturated heterocycles. The second-order valence-electron chi connectivity index (χ2n) is 23.0. The van der Waals surface area contributed by atoms with E-state index in [1.807, 2.05) is 0 Å². The van der Waals surface area contributed by atoms with E-state index in [1.54, 1.807) is 0 Å². The molecule has 0 fully saturated rings. The highest BCUT2D eigenvalue weighted by Crippen LogP contribution is 2.44. The van der Waals surface area contributed by atoms with E-state index in [4.69, 9.17) is 19.9 Å². The van der Waals surface area contributed by atoms with E-state index >= 15 is 0 Å². The number of aliphatic hydroxyl groups is 1. The topological polar surface area (TPSA) is 135 Å². The molecule has 5 N–H and O–H groups in total. The van der Waals surface area contributed by atoms with Crippen LogP contribution in [-0.2, 0) is 58.0 Å². The lowest BCUT2D eigenvalue weighted by Gasteiger charge is -2.08. The van der Waals surface area contributed by atoms with E-state index in [0.717, 1.165) is 209 Å². The number of fused-ring (bicyclic) bond motifs is 16. The van der Waals surface area contributed by atoms with Crippen molar-refractivity contribution in [3.63, 3.8) is 0 Å². The molecule has 6 aromatic rings. The SMILES string of the molecule is CCC1=C(CC)c2cc3[nH]c(cc4[nH]c(c(C#CC#Cc5c6nc(cc7[nH]c(c(CC)c7CC)c(CO)c7[nH]c(cc8nc5C(CC)=C8CC)c(CC)c7CC)C(CC)=C6CC)c5nc(cc1n2)C(CC)=C5CC)c(CC)c4CC)c(CC)c3CC. The lowest BCUT2D eigenvalue weighted by atomic mass is 9.94. The Labute approximate surface area is 512 Å². The summed E-state index contributed by atoms with van der Waals surface area (Å²) in [5.41, 5.74) is 38.6. The van der Waals surface area contributed by atoms with Crippen LogP contribution in [0.1, 0.15) is 269 Å². The van der Waals surface area contributed by atoms with E-state index in [9.17, 15) is 5.11 Å². The molecule has 9 heteroatoms. The monoisotopic (exact) mass is 1140 g/mol. The fourth-order valence-electron chi connectivity index (χ4n) is 15.1. The molecule has 86 heavy (non-hydrogen) atoms. The molecule has 0 atom stereocenters. The summed E-state index contributed by atoms with van der Waals surface area (Å²) in [5.74, 6) is 14.6. The van der Waals surface area contributed by atoms with Crippen LogP contribution >= 0.6 is 0 Å². The maximum atomic E-state index is 11.4. The van der Waals surface area contributed by atoms with Gasteiger partial charge in [0, 0.05) is 44.2 Å². The molecular formula is C77H92N8O. The minimum Gasteiger partial charge on any atom is -0.392 e. The maximum Gasteiger partial charge on any atom is 0.0851 e. The first-order valence-electron chi connectivity index (χ1n) is 33.1. The Balaban J connectivity index is 1.37. The van der Waals surface area contributed by atoms with Crippen molar-refractivity contribution >= 4 is 88.7 Å². The van der Waals surface area contributed by atoms with Crippen molar-refractivity contribution in [2.24, 2.45) is 0 Å². The number of nitrogens with zero attached hydrogens (tertiary/aromatic N) is 4. The number of aliphatic hydroxyl groups excluding tert-OH is 1. The van der Waals surface area contributed by atoms with Crippen LogP contribution in [0.25, 0.3) is 88.7 Å². The van der Waals surface area contributed by atoms with Gasteiger partial charge in [0.05, 0.1) is 68.8 Å². The van der Waals surface area contributed by atoms with Gasteiger partial charge in [-0.25, -0.2) is 19.9 Å². The third-order valence-corrected chi connectivity index (χ3v) is 19.1. The lowest BCUT2D eigenvalue weighted by Crippen LogP contribution is -1.95. The van der Waals surface area contributed by atoms with Crippen LogP contribution in [0.2, 0.25) is 0 Å². The van der Waals surface area contributed by atoms with E-state index in [1.165, 1.54) is 89.1 Å². The predicted molar refractivity (Wildman–Crippen MR) is 366 cm³/mol. The Morgan fingerprint density at radius 3 is 0.942 bits per heavy atom. The summed E-state index contributed by atoms with van der Waals surface area (Å²) < 4.78 is 0. The smallest absolute Gasteiger partial charge is 0.0851 e. The molecule has 0 aromatic carbocycles. The highest BCUT2D eigenvalue weighted by Gasteiger charge is 2.29. The van der Waals surface area contributed by atoms with Crippen LogP contribution in [0.15, 0.2) is 30.3 Å². The van der Waals surface area contributed by atoms with Gasteiger partial charge in [-0.1, -0.05) is 111 Å².